The number of alkyl carbamates (subject to hydrolysis) is 1. The van der Waals surface area contributed by atoms with Crippen molar-refractivity contribution in [1.82, 2.24) is 10.2 Å². The zero-order valence-electron chi connectivity index (χ0n) is 16.6. The minimum atomic E-state index is -0.546. The monoisotopic (exact) mass is 378 g/mol. The highest BCUT2D eigenvalue weighted by molar-refractivity contribution is 5.71. The number of nitrogens with one attached hydrogen (secondary N) is 1. The van der Waals surface area contributed by atoms with Crippen molar-refractivity contribution < 1.29 is 23.8 Å². The second kappa shape index (κ2) is 9.71. The van der Waals surface area contributed by atoms with Crippen molar-refractivity contribution in [3.8, 4) is 0 Å². The van der Waals surface area contributed by atoms with Gasteiger partial charge in [0.05, 0.1) is 18.7 Å². The van der Waals surface area contributed by atoms with Crippen LogP contribution in [0.3, 0.4) is 0 Å². The molecular weight excluding hydrogens is 348 g/mol. The second-order valence-electron chi connectivity index (χ2n) is 7.70. The topological polar surface area (TPSA) is 77.1 Å². The van der Waals surface area contributed by atoms with Crippen molar-refractivity contribution in [1.29, 1.82) is 0 Å². The molecule has 0 bridgehead atoms. The summed E-state index contributed by atoms with van der Waals surface area (Å²) in [6.07, 6.45) is 0.00226. The first-order chi connectivity index (χ1) is 12.8. The zero-order valence-corrected chi connectivity index (χ0v) is 16.6. The van der Waals surface area contributed by atoms with Gasteiger partial charge in [-0.15, -0.1) is 0 Å². The van der Waals surface area contributed by atoms with Crippen LogP contribution in [0.4, 0.5) is 4.79 Å². The summed E-state index contributed by atoms with van der Waals surface area (Å²) in [7, 11) is 1.60. The van der Waals surface area contributed by atoms with Crippen LogP contribution < -0.4 is 5.32 Å². The average Bonchev–Trinajstić information content (AvgIpc) is 2.60. The van der Waals surface area contributed by atoms with E-state index in [2.05, 4.69) is 5.32 Å². The van der Waals surface area contributed by atoms with Crippen molar-refractivity contribution >= 4 is 12.1 Å². The molecule has 1 amide bonds. The maximum Gasteiger partial charge on any atom is 0.407 e. The van der Waals surface area contributed by atoms with E-state index in [1.54, 1.807) is 7.11 Å². The lowest BCUT2D eigenvalue weighted by Crippen LogP contribution is -2.56. The summed E-state index contributed by atoms with van der Waals surface area (Å²) >= 11 is 0. The lowest BCUT2D eigenvalue weighted by Gasteiger charge is -2.37. The molecule has 1 aromatic rings. The third-order valence-electron chi connectivity index (χ3n) is 4.24. The van der Waals surface area contributed by atoms with Crippen LogP contribution in [-0.4, -0.2) is 61.5 Å². The van der Waals surface area contributed by atoms with Crippen LogP contribution in [-0.2, 0) is 25.6 Å². The SMILES string of the molecule is CO[C@@H]1CN(CC(=O)OCc2ccccc2)CC[C@H]1NC(=O)OC(C)(C)C. The van der Waals surface area contributed by atoms with Gasteiger partial charge >= 0.3 is 12.1 Å². The average molecular weight is 378 g/mol. The molecule has 7 nitrogen and oxygen atoms in total. The molecule has 2 rings (SSSR count). The molecular formula is C20H30N2O5. The van der Waals surface area contributed by atoms with Crippen LogP contribution in [0.1, 0.15) is 32.8 Å². The first-order valence-corrected chi connectivity index (χ1v) is 9.21. The van der Waals surface area contributed by atoms with E-state index in [4.69, 9.17) is 14.2 Å². The van der Waals surface area contributed by atoms with Gasteiger partial charge in [-0.2, -0.15) is 0 Å². The maximum absolute atomic E-state index is 12.1. The molecule has 150 valence electrons. The minimum absolute atomic E-state index is 0.151. The molecule has 27 heavy (non-hydrogen) atoms. The highest BCUT2D eigenvalue weighted by atomic mass is 16.6. The van der Waals surface area contributed by atoms with E-state index in [1.165, 1.54) is 0 Å². The summed E-state index contributed by atoms with van der Waals surface area (Å²) in [6.45, 7) is 7.15. The summed E-state index contributed by atoms with van der Waals surface area (Å²) in [5.41, 5.74) is 0.413. The molecule has 0 radical (unpaired) electrons. The molecule has 0 saturated carbocycles. The fourth-order valence-corrected chi connectivity index (χ4v) is 2.95. The normalized spacial score (nSPS) is 20.7. The van der Waals surface area contributed by atoms with Crippen LogP contribution in [0, 0.1) is 0 Å². The van der Waals surface area contributed by atoms with Gasteiger partial charge in [0.2, 0.25) is 0 Å². The Morgan fingerprint density at radius 2 is 1.93 bits per heavy atom. The molecule has 7 heteroatoms. The van der Waals surface area contributed by atoms with Crippen molar-refractivity contribution in [2.45, 2.75) is 51.5 Å². The van der Waals surface area contributed by atoms with Crippen molar-refractivity contribution in [3.63, 3.8) is 0 Å². The van der Waals surface area contributed by atoms with Crippen LogP contribution >= 0.6 is 0 Å². The maximum atomic E-state index is 12.1. The van der Waals surface area contributed by atoms with E-state index < -0.39 is 11.7 Å². The number of benzene rings is 1. The van der Waals surface area contributed by atoms with Gasteiger partial charge in [0, 0.05) is 20.2 Å². The second-order valence-corrected chi connectivity index (χ2v) is 7.70. The van der Waals surface area contributed by atoms with Gasteiger partial charge in [-0.05, 0) is 32.8 Å². The molecule has 1 N–H and O–H groups in total. The zero-order chi connectivity index (χ0) is 19.9. The smallest absolute Gasteiger partial charge is 0.407 e. The Kier molecular flexibility index (Phi) is 7.62. The number of methoxy groups -OCH3 is 1. The molecule has 1 saturated heterocycles. The Bertz CT molecular complexity index is 615. The molecule has 0 aliphatic carbocycles. The predicted molar refractivity (Wildman–Crippen MR) is 101 cm³/mol. The van der Waals surface area contributed by atoms with Crippen LogP contribution in [0.5, 0.6) is 0 Å². The number of hydrogen-bond acceptors (Lipinski definition) is 6. The molecule has 0 unspecified atom stereocenters. The molecule has 1 aromatic carbocycles. The Hall–Kier alpha value is -2.12. The van der Waals surface area contributed by atoms with Gasteiger partial charge in [0.15, 0.2) is 0 Å². The number of hydrogen-bond donors (Lipinski definition) is 1. The summed E-state index contributed by atoms with van der Waals surface area (Å²) in [6, 6.07) is 9.43. The van der Waals surface area contributed by atoms with E-state index in [1.807, 2.05) is 56.0 Å². The predicted octanol–water partition coefficient (Wildman–Crippen LogP) is 2.34. The van der Waals surface area contributed by atoms with E-state index in [-0.39, 0.29) is 31.3 Å². The summed E-state index contributed by atoms with van der Waals surface area (Å²) in [5, 5.41) is 2.87. The molecule has 1 aliphatic heterocycles. The number of piperidine rings is 1. The van der Waals surface area contributed by atoms with Crippen molar-refractivity contribution in [3.05, 3.63) is 35.9 Å². The summed E-state index contributed by atoms with van der Waals surface area (Å²) in [5.74, 6) is -0.271. The fraction of sp³-hybridized carbons (Fsp3) is 0.600. The van der Waals surface area contributed by atoms with Crippen molar-refractivity contribution in [2.24, 2.45) is 0 Å². The third-order valence-corrected chi connectivity index (χ3v) is 4.24. The summed E-state index contributed by atoms with van der Waals surface area (Å²) < 4.78 is 16.2. The molecule has 1 heterocycles. The highest BCUT2D eigenvalue weighted by Gasteiger charge is 2.32. The number of carbonyl (C=O) groups is 2. The quantitative estimate of drug-likeness (QED) is 0.766. The number of amides is 1. The number of nitrogens with zero attached hydrogens (tertiary/aromatic N) is 1. The van der Waals surface area contributed by atoms with Gasteiger partial charge in [-0.25, -0.2) is 4.79 Å². The van der Waals surface area contributed by atoms with Gasteiger partial charge in [-0.1, -0.05) is 30.3 Å². The number of ether oxygens (including phenoxy) is 3. The molecule has 1 aliphatic rings. The van der Waals surface area contributed by atoms with E-state index in [0.717, 1.165) is 5.56 Å². The van der Waals surface area contributed by atoms with E-state index in [9.17, 15) is 9.59 Å². The Labute approximate surface area is 161 Å². The lowest BCUT2D eigenvalue weighted by atomic mass is 10.0. The van der Waals surface area contributed by atoms with Crippen molar-refractivity contribution in [2.75, 3.05) is 26.7 Å². The fourth-order valence-electron chi connectivity index (χ4n) is 2.95. The molecule has 0 spiro atoms. The Morgan fingerprint density at radius 1 is 1.22 bits per heavy atom. The Morgan fingerprint density at radius 3 is 2.56 bits per heavy atom. The molecule has 0 aromatic heterocycles. The molecule has 2 atom stereocenters. The lowest BCUT2D eigenvalue weighted by molar-refractivity contribution is -0.147. The van der Waals surface area contributed by atoms with Crippen LogP contribution in [0.2, 0.25) is 0 Å². The number of rotatable bonds is 6. The first kappa shape index (κ1) is 21.2. The van der Waals surface area contributed by atoms with Gasteiger partial charge < -0.3 is 19.5 Å². The molecule has 1 fully saturated rings. The highest BCUT2D eigenvalue weighted by Crippen LogP contribution is 2.15. The Balaban J connectivity index is 1.78. The number of likely N-dealkylation sites (tertiary alicyclic amines) is 1. The minimum Gasteiger partial charge on any atom is -0.460 e. The van der Waals surface area contributed by atoms with Gasteiger partial charge in [-0.3, -0.25) is 9.69 Å². The number of carbonyl (C=O) groups excluding carboxylic acids is 2. The van der Waals surface area contributed by atoms with Gasteiger partial charge in [0.1, 0.15) is 12.2 Å². The number of esters is 1. The van der Waals surface area contributed by atoms with Crippen LogP contribution in [0.25, 0.3) is 0 Å². The largest absolute Gasteiger partial charge is 0.460 e. The van der Waals surface area contributed by atoms with Gasteiger partial charge in [0.25, 0.3) is 0 Å². The standard InChI is InChI=1S/C20H30N2O5/c1-20(2,3)27-19(24)21-16-10-11-22(12-17(16)25-4)13-18(23)26-14-15-8-6-5-7-9-15/h5-9,16-17H,10-14H2,1-4H3,(H,21,24)/t16-,17-/m1/s1. The van der Waals surface area contributed by atoms with E-state index in [0.29, 0.717) is 19.5 Å². The summed E-state index contributed by atoms with van der Waals surface area (Å²) in [4.78, 5) is 26.1. The third kappa shape index (κ3) is 7.56. The van der Waals surface area contributed by atoms with Crippen LogP contribution in [0.15, 0.2) is 30.3 Å². The van der Waals surface area contributed by atoms with E-state index >= 15 is 0 Å². The first-order valence-electron chi connectivity index (χ1n) is 9.21.